The lowest BCUT2D eigenvalue weighted by molar-refractivity contribution is 0.437. The summed E-state index contributed by atoms with van der Waals surface area (Å²) in [7, 11) is 0. The highest BCUT2D eigenvalue weighted by Crippen LogP contribution is 2.28. The van der Waals surface area contributed by atoms with Gasteiger partial charge >= 0.3 is 0 Å². The number of rotatable bonds is 4. The first kappa shape index (κ1) is 12.7. The Hall–Kier alpha value is -0.380. The molecule has 0 aliphatic heterocycles. The first-order chi connectivity index (χ1) is 7.04. The fraction of sp³-hybridized carbons (Fsp3) is 0.500. The van der Waals surface area contributed by atoms with Crippen LogP contribution >= 0.6 is 15.9 Å². The normalized spacial score (nSPS) is 13.2. The van der Waals surface area contributed by atoms with E-state index in [9.17, 15) is 0 Å². The molecular formula is C12H19BrN2. The first-order valence-electron chi connectivity index (χ1n) is 5.26. The smallest absolute Gasteiger partial charge is 0.0473 e. The largest absolute Gasteiger partial charge is 0.271 e. The molecule has 1 atom stereocenters. The summed E-state index contributed by atoms with van der Waals surface area (Å²) in [6.45, 7) is 6.49. The number of aryl methyl sites for hydroxylation is 1. The molecule has 0 bridgehead atoms. The van der Waals surface area contributed by atoms with Gasteiger partial charge in [-0.1, -0.05) is 41.9 Å². The molecule has 3 N–H and O–H groups in total. The molecule has 3 heteroatoms. The number of nitrogens with two attached hydrogens (primary N) is 1. The van der Waals surface area contributed by atoms with Crippen LogP contribution in [0.1, 0.15) is 37.4 Å². The summed E-state index contributed by atoms with van der Waals surface area (Å²) in [5, 5.41) is 0. The molecule has 2 nitrogen and oxygen atoms in total. The zero-order valence-corrected chi connectivity index (χ0v) is 11.1. The van der Waals surface area contributed by atoms with Crippen LogP contribution in [0.15, 0.2) is 22.7 Å². The highest BCUT2D eigenvalue weighted by atomic mass is 79.9. The lowest BCUT2D eigenvalue weighted by Crippen LogP contribution is -2.29. The minimum Gasteiger partial charge on any atom is -0.271 e. The Morgan fingerprint density at radius 2 is 2.07 bits per heavy atom. The number of halogens is 1. The van der Waals surface area contributed by atoms with Gasteiger partial charge in [-0.2, -0.15) is 0 Å². The van der Waals surface area contributed by atoms with Crippen molar-refractivity contribution in [1.29, 1.82) is 0 Å². The van der Waals surface area contributed by atoms with E-state index in [1.54, 1.807) is 0 Å². The van der Waals surface area contributed by atoms with Crippen LogP contribution < -0.4 is 11.3 Å². The highest BCUT2D eigenvalue weighted by molar-refractivity contribution is 9.10. The fourth-order valence-corrected chi connectivity index (χ4v) is 2.44. The van der Waals surface area contributed by atoms with Crippen LogP contribution in [0.2, 0.25) is 0 Å². The van der Waals surface area contributed by atoms with Gasteiger partial charge < -0.3 is 0 Å². The minimum atomic E-state index is 0.222. The maximum atomic E-state index is 5.59. The molecule has 0 aliphatic carbocycles. The van der Waals surface area contributed by atoms with Crippen LogP contribution in [0.4, 0.5) is 0 Å². The number of hydrazine groups is 1. The third-order valence-electron chi connectivity index (χ3n) is 2.44. The minimum absolute atomic E-state index is 0.222. The maximum absolute atomic E-state index is 5.59. The second-order valence-electron chi connectivity index (χ2n) is 4.37. The summed E-state index contributed by atoms with van der Waals surface area (Å²) >= 11 is 3.58. The van der Waals surface area contributed by atoms with E-state index in [-0.39, 0.29) is 6.04 Å². The second-order valence-corrected chi connectivity index (χ2v) is 5.23. The maximum Gasteiger partial charge on any atom is 0.0473 e. The Morgan fingerprint density at radius 3 is 2.53 bits per heavy atom. The summed E-state index contributed by atoms with van der Waals surface area (Å²) in [5.74, 6) is 6.21. The molecule has 0 spiro atoms. The first-order valence-corrected chi connectivity index (χ1v) is 6.06. The third-order valence-corrected chi connectivity index (χ3v) is 3.13. The van der Waals surface area contributed by atoms with Gasteiger partial charge in [-0.3, -0.25) is 11.3 Å². The third kappa shape index (κ3) is 3.59. The van der Waals surface area contributed by atoms with Gasteiger partial charge in [-0.05, 0) is 36.5 Å². The lowest BCUT2D eigenvalue weighted by Gasteiger charge is -2.20. The number of nitrogens with one attached hydrogen (secondary N) is 1. The average molecular weight is 271 g/mol. The van der Waals surface area contributed by atoms with E-state index in [1.807, 2.05) is 0 Å². The van der Waals surface area contributed by atoms with Gasteiger partial charge in [-0.25, -0.2) is 0 Å². The van der Waals surface area contributed by atoms with Gasteiger partial charge in [0.2, 0.25) is 0 Å². The number of benzene rings is 1. The van der Waals surface area contributed by atoms with Gasteiger partial charge in [0, 0.05) is 10.5 Å². The van der Waals surface area contributed by atoms with Crippen LogP contribution in [0.3, 0.4) is 0 Å². The summed E-state index contributed by atoms with van der Waals surface area (Å²) in [6.07, 6.45) is 1.04. The lowest BCUT2D eigenvalue weighted by atomic mass is 9.97. The molecule has 0 fully saturated rings. The molecule has 0 radical (unpaired) electrons. The SMILES string of the molecule is Cc1ccc(C(CC(C)C)NN)c(Br)c1. The van der Waals surface area contributed by atoms with E-state index in [2.05, 4.69) is 60.3 Å². The van der Waals surface area contributed by atoms with Crippen LogP contribution in [0, 0.1) is 12.8 Å². The van der Waals surface area contributed by atoms with Crippen molar-refractivity contribution < 1.29 is 0 Å². The number of hydrogen-bond donors (Lipinski definition) is 2. The molecular weight excluding hydrogens is 252 g/mol. The van der Waals surface area contributed by atoms with E-state index in [0.29, 0.717) is 5.92 Å². The van der Waals surface area contributed by atoms with Crippen molar-refractivity contribution in [2.75, 3.05) is 0 Å². The summed E-state index contributed by atoms with van der Waals surface area (Å²) < 4.78 is 1.13. The van der Waals surface area contributed by atoms with Crippen molar-refractivity contribution in [3.05, 3.63) is 33.8 Å². The van der Waals surface area contributed by atoms with Crippen molar-refractivity contribution in [3.8, 4) is 0 Å². The standard InChI is InChI=1S/C12H19BrN2/c1-8(2)6-12(15-14)10-5-4-9(3)7-11(10)13/h4-5,7-8,12,15H,6,14H2,1-3H3. The topological polar surface area (TPSA) is 38.0 Å². The van der Waals surface area contributed by atoms with Crippen LogP contribution in [-0.4, -0.2) is 0 Å². The van der Waals surface area contributed by atoms with Gasteiger partial charge in [0.25, 0.3) is 0 Å². The monoisotopic (exact) mass is 270 g/mol. The summed E-state index contributed by atoms with van der Waals surface area (Å²) in [4.78, 5) is 0. The van der Waals surface area contributed by atoms with Gasteiger partial charge in [0.15, 0.2) is 0 Å². The van der Waals surface area contributed by atoms with Crippen molar-refractivity contribution in [1.82, 2.24) is 5.43 Å². The van der Waals surface area contributed by atoms with Crippen molar-refractivity contribution in [3.63, 3.8) is 0 Å². The quantitative estimate of drug-likeness (QED) is 0.651. The Bertz CT molecular complexity index is 323. The molecule has 84 valence electrons. The summed E-state index contributed by atoms with van der Waals surface area (Å²) in [5.41, 5.74) is 5.37. The van der Waals surface area contributed by atoms with Crippen molar-refractivity contribution >= 4 is 15.9 Å². The number of hydrogen-bond acceptors (Lipinski definition) is 2. The molecule has 0 saturated heterocycles. The summed E-state index contributed by atoms with van der Waals surface area (Å²) in [6, 6.07) is 6.59. The molecule has 0 amide bonds. The molecule has 0 heterocycles. The van der Waals surface area contributed by atoms with Gasteiger partial charge in [-0.15, -0.1) is 0 Å². The molecule has 0 saturated carbocycles. The Kier molecular flexibility index (Phi) is 4.77. The van der Waals surface area contributed by atoms with E-state index >= 15 is 0 Å². The Labute approximate surface area is 100 Å². The second kappa shape index (κ2) is 5.64. The predicted molar refractivity (Wildman–Crippen MR) is 68.4 cm³/mol. The molecule has 1 aromatic rings. The fourth-order valence-electron chi connectivity index (χ4n) is 1.67. The Balaban J connectivity index is 2.91. The predicted octanol–water partition coefficient (Wildman–Crippen LogP) is 3.31. The molecule has 0 aromatic heterocycles. The van der Waals surface area contributed by atoms with E-state index < -0.39 is 0 Å². The molecule has 1 rings (SSSR count). The van der Waals surface area contributed by atoms with Crippen LogP contribution in [0.5, 0.6) is 0 Å². The van der Waals surface area contributed by atoms with E-state index in [4.69, 9.17) is 5.84 Å². The van der Waals surface area contributed by atoms with Crippen LogP contribution in [0.25, 0.3) is 0 Å². The molecule has 0 aliphatic rings. The van der Waals surface area contributed by atoms with Gasteiger partial charge in [0.1, 0.15) is 0 Å². The van der Waals surface area contributed by atoms with E-state index in [0.717, 1.165) is 10.9 Å². The highest BCUT2D eigenvalue weighted by Gasteiger charge is 2.14. The van der Waals surface area contributed by atoms with Crippen molar-refractivity contribution in [2.45, 2.75) is 33.2 Å². The van der Waals surface area contributed by atoms with Gasteiger partial charge in [0.05, 0.1) is 0 Å². The molecule has 1 unspecified atom stereocenters. The zero-order chi connectivity index (χ0) is 11.4. The zero-order valence-electron chi connectivity index (χ0n) is 9.55. The Morgan fingerprint density at radius 1 is 1.40 bits per heavy atom. The van der Waals surface area contributed by atoms with Crippen LogP contribution in [-0.2, 0) is 0 Å². The molecule has 1 aromatic carbocycles. The average Bonchev–Trinajstić information content (AvgIpc) is 2.14. The molecule has 15 heavy (non-hydrogen) atoms. The van der Waals surface area contributed by atoms with E-state index in [1.165, 1.54) is 11.1 Å². The van der Waals surface area contributed by atoms with Crippen molar-refractivity contribution in [2.24, 2.45) is 11.8 Å².